The summed E-state index contributed by atoms with van der Waals surface area (Å²) in [5, 5.41) is 13.9. The predicted octanol–water partition coefficient (Wildman–Crippen LogP) is 5.27. The van der Waals surface area contributed by atoms with E-state index in [-0.39, 0.29) is 0 Å². The van der Waals surface area contributed by atoms with Gasteiger partial charge in [-0.15, -0.1) is 0 Å². The summed E-state index contributed by atoms with van der Waals surface area (Å²) in [7, 11) is 0. The maximum absolute atomic E-state index is 9.29. The summed E-state index contributed by atoms with van der Waals surface area (Å²) in [4.78, 5) is 4.52. The van der Waals surface area contributed by atoms with Gasteiger partial charge in [-0.2, -0.15) is 5.26 Å². The molecule has 0 unspecified atom stereocenters. The molecule has 1 aromatic heterocycles. The summed E-state index contributed by atoms with van der Waals surface area (Å²) in [6, 6.07) is 17.0. The lowest BCUT2D eigenvalue weighted by atomic mass is 10.1. The molecular formula is C16H9BrClN3. The molecule has 0 saturated carbocycles. The van der Waals surface area contributed by atoms with Gasteiger partial charge in [-0.25, -0.2) is 4.98 Å². The number of hydrogen-bond acceptors (Lipinski definition) is 3. The Bertz CT molecular complexity index is 871. The molecule has 0 amide bonds. The number of aromatic nitrogens is 1. The van der Waals surface area contributed by atoms with Crippen molar-refractivity contribution in [2.24, 2.45) is 0 Å². The van der Waals surface area contributed by atoms with Gasteiger partial charge < -0.3 is 5.32 Å². The molecule has 3 rings (SSSR count). The van der Waals surface area contributed by atoms with Crippen LogP contribution in [0, 0.1) is 11.3 Å². The Morgan fingerprint density at radius 3 is 2.76 bits per heavy atom. The van der Waals surface area contributed by atoms with Gasteiger partial charge in [0.15, 0.2) is 0 Å². The molecule has 102 valence electrons. The van der Waals surface area contributed by atoms with E-state index in [0.29, 0.717) is 16.4 Å². The highest BCUT2D eigenvalue weighted by Gasteiger charge is 2.08. The number of pyridine rings is 1. The maximum Gasteiger partial charge on any atom is 0.132 e. The number of para-hydroxylation sites is 1. The molecule has 2 aromatic carbocycles. The van der Waals surface area contributed by atoms with E-state index < -0.39 is 0 Å². The highest BCUT2D eigenvalue weighted by atomic mass is 79.9. The van der Waals surface area contributed by atoms with E-state index in [1.807, 2.05) is 36.4 Å². The van der Waals surface area contributed by atoms with Crippen molar-refractivity contribution < 1.29 is 0 Å². The molecule has 0 radical (unpaired) electrons. The summed E-state index contributed by atoms with van der Waals surface area (Å²) in [6.45, 7) is 0. The lowest BCUT2D eigenvalue weighted by Crippen LogP contribution is -1.96. The van der Waals surface area contributed by atoms with E-state index in [1.165, 1.54) is 0 Å². The van der Waals surface area contributed by atoms with E-state index in [1.54, 1.807) is 12.1 Å². The molecule has 0 fully saturated rings. The number of fused-ring (bicyclic) bond motifs is 1. The van der Waals surface area contributed by atoms with Crippen molar-refractivity contribution in [2.45, 2.75) is 0 Å². The second-order valence-electron chi connectivity index (χ2n) is 4.41. The van der Waals surface area contributed by atoms with Crippen LogP contribution in [0.4, 0.5) is 11.5 Å². The molecule has 0 aliphatic carbocycles. The van der Waals surface area contributed by atoms with Crippen LogP contribution in [0.1, 0.15) is 5.56 Å². The number of halogens is 2. The van der Waals surface area contributed by atoms with Gasteiger partial charge >= 0.3 is 0 Å². The standard InChI is InChI=1S/C16H9BrClN3/c17-16-12(18)5-3-7-14(16)21-15-8-10(9-19)11-4-1-2-6-13(11)20-15/h1-8H,(H,20,21). The van der Waals surface area contributed by atoms with Gasteiger partial charge in [0.25, 0.3) is 0 Å². The van der Waals surface area contributed by atoms with Gasteiger partial charge in [-0.1, -0.05) is 35.9 Å². The summed E-state index contributed by atoms with van der Waals surface area (Å²) in [5.74, 6) is 0.605. The first-order valence-corrected chi connectivity index (χ1v) is 7.37. The number of rotatable bonds is 2. The van der Waals surface area contributed by atoms with Crippen LogP contribution in [-0.2, 0) is 0 Å². The smallest absolute Gasteiger partial charge is 0.132 e. The topological polar surface area (TPSA) is 48.7 Å². The van der Waals surface area contributed by atoms with Crippen molar-refractivity contribution in [3.05, 3.63) is 63.6 Å². The van der Waals surface area contributed by atoms with Crippen molar-refractivity contribution in [3.63, 3.8) is 0 Å². The zero-order valence-electron chi connectivity index (χ0n) is 10.8. The fourth-order valence-corrected chi connectivity index (χ4v) is 2.61. The zero-order valence-corrected chi connectivity index (χ0v) is 13.1. The minimum atomic E-state index is 0.584. The van der Waals surface area contributed by atoms with Crippen molar-refractivity contribution in [3.8, 4) is 6.07 Å². The molecule has 1 heterocycles. The van der Waals surface area contributed by atoms with E-state index in [9.17, 15) is 5.26 Å². The molecular weight excluding hydrogens is 350 g/mol. The van der Waals surface area contributed by atoms with Crippen LogP contribution in [-0.4, -0.2) is 4.98 Å². The Hall–Kier alpha value is -2.09. The predicted molar refractivity (Wildman–Crippen MR) is 88.9 cm³/mol. The highest BCUT2D eigenvalue weighted by Crippen LogP contribution is 2.32. The third-order valence-corrected chi connectivity index (χ3v) is 4.45. The van der Waals surface area contributed by atoms with Crippen LogP contribution >= 0.6 is 27.5 Å². The molecule has 0 spiro atoms. The summed E-state index contributed by atoms with van der Waals surface area (Å²) < 4.78 is 0.764. The van der Waals surface area contributed by atoms with Crippen LogP contribution in [0.25, 0.3) is 10.9 Å². The lowest BCUT2D eigenvalue weighted by molar-refractivity contribution is 1.35. The molecule has 0 aliphatic heterocycles. The number of nitrogens with zero attached hydrogens (tertiary/aromatic N) is 2. The van der Waals surface area contributed by atoms with Crippen molar-refractivity contribution >= 4 is 49.9 Å². The second kappa shape index (κ2) is 5.72. The van der Waals surface area contributed by atoms with Crippen molar-refractivity contribution in [1.29, 1.82) is 5.26 Å². The molecule has 3 aromatic rings. The summed E-state index contributed by atoms with van der Waals surface area (Å²) >= 11 is 9.51. The Balaban J connectivity index is 2.09. The van der Waals surface area contributed by atoms with E-state index in [4.69, 9.17) is 11.6 Å². The average Bonchev–Trinajstić information content (AvgIpc) is 2.51. The third kappa shape index (κ3) is 2.71. The Kier molecular flexibility index (Phi) is 3.78. The largest absolute Gasteiger partial charge is 0.339 e. The van der Waals surface area contributed by atoms with Gasteiger partial charge in [-0.3, -0.25) is 0 Å². The number of hydrogen-bond donors (Lipinski definition) is 1. The fourth-order valence-electron chi connectivity index (χ4n) is 2.07. The molecule has 5 heteroatoms. The minimum absolute atomic E-state index is 0.584. The van der Waals surface area contributed by atoms with Gasteiger partial charge in [0.1, 0.15) is 5.82 Å². The second-order valence-corrected chi connectivity index (χ2v) is 5.61. The van der Waals surface area contributed by atoms with Crippen LogP contribution in [0.15, 0.2) is 53.0 Å². The number of nitrogens with one attached hydrogen (secondary N) is 1. The van der Waals surface area contributed by atoms with Crippen LogP contribution in [0.3, 0.4) is 0 Å². The molecule has 1 N–H and O–H groups in total. The normalized spacial score (nSPS) is 10.3. The third-order valence-electron chi connectivity index (χ3n) is 3.05. The summed E-state index contributed by atoms with van der Waals surface area (Å²) in [6.07, 6.45) is 0. The van der Waals surface area contributed by atoms with Crippen LogP contribution in [0.5, 0.6) is 0 Å². The first-order valence-electron chi connectivity index (χ1n) is 6.20. The Morgan fingerprint density at radius 1 is 1.14 bits per heavy atom. The molecule has 0 atom stereocenters. The van der Waals surface area contributed by atoms with Gasteiger partial charge in [-0.05, 0) is 40.2 Å². The van der Waals surface area contributed by atoms with Gasteiger partial charge in [0.05, 0.1) is 32.3 Å². The first kappa shape index (κ1) is 13.9. The Labute approximate surface area is 135 Å². The lowest BCUT2D eigenvalue weighted by Gasteiger charge is -2.10. The highest BCUT2D eigenvalue weighted by molar-refractivity contribution is 9.10. The van der Waals surface area contributed by atoms with Crippen molar-refractivity contribution in [2.75, 3.05) is 5.32 Å². The molecule has 3 nitrogen and oxygen atoms in total. The zero-order chi connectivity index (χ0) is 14.8. The molecule has 0 saturated heterocycles. The monoisotopic (exact) mass is 357 g/mol. The van der Waals surface area contributed by atoms with E-state index >= 15 is 0 Å². The first-order chi connectivity index (χ1) is 10.2. The van der Waals surface area contributed by atoms with Gasteiger partial charge in [0.2, 0.25) is 0 Å². The van der Waals surface area contributed by atoms with Gasteiger partial charge in [0, 0.05) is 5.39 Å². The SMILES string of the molecule is N#Cc1cc(Nc2cccc(Cl)c2Br)nc2ccccc12. The quantitative estimate of drug-likeness (QED) is 0.679. The fraction of sp³-hybridized carbons (Fsp3) is 0. The number of benzene rings is 2. The Morgan fingerprint density at radius 2 is 1.95 bits per heavy atom. The van der Waals surface area contributed by atoms with E-state index in [0.717, 1.165) is 21.1 Å². The minimum Gasteiger partial charge on any atom is -0.339 e. The van der Waals surface area contributed by atoms with E-state index in [2.05, 4.69) is 32.3 Å². The van der Waals surface area contributed by atoms with Crippen molar-refractivity contribution in [1.82, 2.24) is 4.98 Å². The summed E-state index contributed by atoms with van der Waals surface area (Å²) in [5.41, 5.74) is 2.16. The molecule has 0 aliphatic rings. The van der Waals surface area contributed by atoms with Crippen LogP contribution < -0.4 is 5.32 Å². The molecule has 0 bridgehead atoms. The van der Waals surface area contributed by atoms with Crippen LogP contribution in [0.2, 0.25) is 5.02 Å². The average molecular weight is 359 g/mol. The number of anilines is 2. The number of nitriles is 1. The maximum atomic E-state index is 9.29. The molecule has 21 heavy (non-hydrogen) atoms.